The Balaban J connectivity index is 1.81. The second-order valence-corrected chi connectivity index (χ2v) is 7.84. The Morgan fingerprint density at radius 1 is 1.03 bits per heavy atom. The largest absolute Gasteiger partial charge is 0.436 e. The van der Waals surface area contributed by atoms with Crippen LogP contribution in [0.3, 0.4) is 0 Å². The zero-order chi connectivity index (χ0) is 20.4. The molecule has 0 spiro atoms. The van der Waals surface area contributed by atoms with Crippen LogP contribution in [0.2, 0.25) is 5.02 Å². The van der Waals surface area contributed by atoms with Gasteiger partial charge >= 0.3 is 0 Å². The summed E-state index contributed by atoms with van der Waals surface area (Å²) >= 11 is 6.09. The number of hydrogen-bond acceptors (Lipinski definition) is 3. The highest BCUT2D eigenvalue weighted by molar-refractivity contribution is 6.31. The maximum absolute atomic E-state index is 12.2. The van der Waals surface area contributed by atoms with E-state index in [1.54, 1.807) is 12.1 Å². The van der Waals surface area contributed by atoms with Gasteiger partial charge in [0.25, 0.3) is 0 Å². The lowest BCUT2D eigenvalue weighted by Crippen LogP contribution is -2.13. The van der Waals surface area contributed by atoms with Gasteiger partial charge in [0.05, 0.1) is 0 Å². The lowest BCUT2D eigenvalue weighted by molar-refractivity contribution is -0.116. The van der Waals surface area contributed by atoms with Crippen LogP contribution in [-0.2, 0) is 4.79 Å². The number of rotatable bonds is 5. The molecule has 29 heavy (non-hydrogen) atoms. The first kappa shape index (κ1) is 19.2. The highest BCUT2D eigenvalue weighted by atomic mass is 35.5. The molecule has 5 heteroatoms. The minimum Gasteiger partial charge on any atom is -0.436 e. The van der Waals surface area contributed by atoms with Gasteiger partial charge in [-0.05, 0) is 41.3 Å². The maximum Gasteiger partial charge on any atom is 0.228 e. The van der Waals surface area contributed by atoms with E-state index in [4.69, 9.17) is 16.0 Å². The van der Waals surface area contributed by atoms with Crippen molar-refractivity contribution in [3.05, 3.63) is 71.8 Å². The number of fused-ring (bicyclic) bond motifs is 1. The van der Waals surface area contributed by atoms with E-state index in [-0.39, 0.29) is 5.91 Å². The molecule has 0 unspecified atom stereocenters. The molecule has 0 radical (unpaired) electrons. The molecule has 3 aromatic carbocycles. The first-order valence-corrected chi connectivity index (χ1v) is 9.93. The minimum atomic E-state index is -0.0113. The maximum atomic E-state index is 12.2. The summed E-state index contributed by atoms with van der Waals surface area (Å²) in [5.41, 5.74) is 4.91. The number of benzene rings is 3. The number of carbonyl (C=O) groups is 1. The van der Waals surface area contributed by atoms with Gasteiger partial charge in [-0.3, -0.25) is 4.79 Å². The Bertz CT molecular complexity index is 1170. The van der Waals surface area contributed by atoms with Crippen molar-refractivity contribution in [2.75, 3.05) is 5.32 Å². The van der Waals surface area contributed by atoms with Crippen molar-refractivity contribution in [1.29, 1.82) is 0 Å². The van der Waals surface area contributed by atoms with Gasteiger partial charge in [-0.2, -0.15) is 0 Å². The minimum absolute atomic E-state index is 0.0113. The number of amides is 1. The second kappa shape index (κ2) is 8.10. The highest BCUT2D eigenvalue weighted by Gasteiger charge is 2.16. The Hall–Kier alpha value is -3.11. The van der Waals surface area contributed by atoms with Crippen LogP contribution in [-0.4, -0.2) is 10.9 Å². The summed E-state index contributed by atoms with van der Waals surface area (Å²) in [5, 5.41) is 3.57. The average molecular weight is 405 g/mol. The number of hydrogen-bond donors (Lipinski definition) is 1. The van der Waals surface area contributed by atoms with E-state index in [9.17, 15) is 4.79 Å². The molecular weight excluding hydrogens is 384 g/mol. The summed E-state index contributed by atoms with van der Waals surface area (Å²) in [4.78, 5) is 16.9. The van der Waals surface area contributed by atoms with Gasteiger partial charge in [0, 0.05) is 28.8 Å². The SMILES string of the molecule is CC(C)CC(=O)Nc1ccc(-c2ccccc2)c(-c2nc3ccc(Cl)cc3o2)c1. The van der Waals surface area contributed by atoms with Crippen LogP contribution in [0.4, 0.5) is 5.69 Å². The topological polar surface area (TPSA) is 55.1 Å². The van der Waals surface area contributed by atoms with Crippen LogP contribution in [0.25, 0.3) is 33.7 Å². The fourth-order valence-electron chi connectivity index (χ4n) is 3.26. The molecule has 4 nitrogen and oxygen atoms in total. The molecule has 0 aliphatic rings. The number of nitrogens with one attached hydrogen (secondary N) is 1. The second-order valence-electron chi connectivity index (χ2n) is 7.40. The molecule has 0 aliphatic carbocycles. The zero-order valence-electron chi connectivity index (χ0n) is 16.3. The molecule has 1 amide bonds. The molecule has 4 rings (SSSR count). The zero-order valence-corrected chi connectivity index (χ0v) is 17.0. The van der Waals surface area contributed by atoms with E-state index in [1.165, 1.54) is 0 Å². The number of oxazole rings is 1. The highest BCUT2D eigenvalue weighted by Crippen LogP contribution is 2.36. The van der Waals surface area contributed by atoms with E-state index in [2.05, 4.69) is 10.3 Å². The summed E-state index contributed by atoms with van der Waals surface area (Å²) in [6, 6.07) is 21.2. The molecule has 0 fully saturated rings. The molecule has 0 saturated heterocycles. The predicted octanol–water partition coefficient (Wildman–Crippen LogP) is 6.80. The fourth-order valence-corrected chi connectivity index (χ4v) is 3.43. The standard InChI is InChI=1S/C24H21ClN2O2/c1-15(2)12-23(28)26-18-9-10-19(16-6-4-3-5-7-16)20(14-18)24-27-21-11-8-17(25)13-22(21)29-24/h3-11,13-15H,12H2,1-2H3,(H,26,28). The fraction of sp³-hybridized carbons (Fsp3) is 0.167. The van der Waals surface area contributed by atoms with Crippen LogP contribution in [0.1, 0.15) is 20.3 Å². The van der Waals surface area contributed by atoms with E-state index < -0.39 is 0 Å². The first-order valence-electron chi connectivity index (χ1n) is 9.55. The molecule has 0 saturated carbocycles. The quantitative estimate of drug-likeness (QED) is 0.398. The molecule has 0 atom stereocenters. The van der Waals surface area contributed by atoms with Gasteiger partial charge < -0.3 is 9.73 Å². The van der Waals surface area contributed by atoms with Gasteiger partial charge in [-0.15, -0.1) is 0 Å². The summed E-state index contributed by atoms with van der Waals surface area (Å²) < 4.78 is 6.01. The Morgan fingerprint density at radius 3 is 2.59 bits per heavy atom. The molecule has 4 aromatic rings. The van der Waals surface area contributed by atoms with Gasteiger partial charge in [-0.25, -0.2) is 4.98 Å². The smallest absolute Gasteiger partial charge is 0.228 e. The van der Waals surface area contributed by atoms with Crippen LogP contribution < -0.4 is 5.32 Å². The molecular formula is C24H21ClN2O2. The van der Waals surface area contributed by atoms with Crippen LogP contribution >= 0.6 is 11.6 Å². The van der Waals surface area contributed by atoms with Gasteiger partial charge in [0.1, 0.15) is 5.52 Å². The van der Waals surface area contributed by atoms with Gasteiger partial charge in [0.2, 0.25) is 11.8 Å². The molecule has 0 bridgehead atoms. The van der Waals surface area contributed by atoms with Crippen molar-refractivity contribution in [2.24, 2.45) is 5.92 Å². The predicted molar refractivity (Wildman–Crippen MR) is 118 cm³/mol. The Morgan fingerprint density at radius 2 is 1.83 bits per heavy atom. The number of anilines is 1. The van der Waals surface area contributed by atoms with Crippen LogP contribution in [0.15, 0.2) is 71.1 Å². The van der Waals surface area contributed by atoms with Crippen molar-refractivity contribution < 1.29 is 9.21 Å². The third kappa shape index (κ3) is 4.33. The molecule has 1 heterocycles. The number of aromatic nitrogens is 1. The third-order valence-corrected chi connectivity index (χ3v) is 4.80. The number of carbonyl (C=O) groups excluding carboxylic acids is 1. The van der Waals surface area contributed by atoms with Crippen molar-refractivity contribution >= 4 is 34.3 Å². The normalized spacial score (nSPS) is 11.2. The summed E-state index contributed by atoms with van der Waals surface area (Å²) in [5.74, 6) is 0.767. The Kier molecular flexibility index (Phi) is 5.36. The average Bonchev–Trinajstić information content (AvgIpc) is 3.11. The van der Waals surface area contributed by atoms with Crippen LogP contribution in [0, 0.1) is 5.92 Å². The van der Waals surface area contributed by atoms with Crippen LogP contribution in [0.5, 0.6) is 0 Å². The van der Waals surface area contributed by atoms with Gasteiger partial charge in [0.15, 0.2) is 5.58 Å². The lowest BCUT2D eigenvalue weighted by atomic mass is 9.98. The molecule has 1 N–H and O–H groups in total. The third-order valence-electron chi connectivity index (χ3n) is 4.56. The first-order chi connectivity index (χ1) is 14.0. The van der Waals surface area contributed by atoms with Crippen molar-refractivity contribution in [2.45, 2.75) is 20.3 Å². The summed E-state index contributed by atoms with van der Waals surface area (Å²) in [6.07, 6.45) is 0.469. The summed E-state index contributed by atoms with van der Waals surface area (Å²) in [6.45, 7) is 4.04. The van der Waals surface area contributed by atoms with Gasteiger partial charge in [-0.1, -0.05) is 61.8 Å². The molecule has 1 aromatic heterocycles. The van der Waals surface area contributed by atoms with E-state index in [1.807, 2.05) is 68.4 Å². The van der Waals surface area contributed by atoms with Crippen molar-refractivity contribution in [1.82, 2.24) is 4.98 Å². The monoisotopic (exact) mass is 404 g/mol. The Labute approximate surface area is 174 Å². The molecule has 146 valence electrons. The van der Waals surface area contributed by atoms with Crippen molar-refractivity contribution in [3.8, 4) is 22.6 Å². The number of nitrogens with zero attached hydrogens (tertiary/aromatic N) is 1. The van der Waals surface area contributed by atoms with E-state index >= 15 is 0 Å². The lowest BCUT2D eigenvalue weighted by Gasteiger charge is -2.12. The van der Waals surface area contributed by atoms with E-state index in [0.29, 0.717) is 34.5 Å². The molecule has 0 aliphatic heterocycles. The summed E-state index contributed by atoms with van der Waals surface area (Å²) in [7, 11) is 0. The van der Waals surface area contributed by atoms with Crippen molar-refractivity contribution in [3.63, 3.8) is 0 Å². The number of halogens is 1. The van der Waals surface area contributed by atoms with E-state index in [0.717, 1.165) is 22.2 Å².